The quantitative estimate of drug-likeness (QED) is 0.586. The van der Waals surface area contributed by atoms with Crippen molar-refractivity contribution in [2.75, 3.05) is 6.54 Å². The third-order valence-corrected chi connectivity index (χ3v) is 4.67. The molecule has 0 aliphatic carbocycles. The second-order valence-electron chi connectivity index (χ2n) is 6.71. The average molecular weight is 381 g/mol. The van der Waals surface area contributed by atoms with Crippen molar-refractivity contribution in [1.82, 2.24) is 15.6 Å². The van der Waals surface area contributed by atoms with Crippen LogP contribution >= 0.6 is 0 Å². The molecular weight excluding hydrogens is 357 g/mol. The third kappa shape index (κ3) is 4.39. The van der Waals surface area contributed by atoms with Crippen molar-refractivity contribution in [3.05, 3.63) is 59.9 Å². The van der Waals surface area contributed by atoms with Crippen molar-refractivity contribution in [2.24, 2.45) is 0 Å². The molecule has 0 radical (unpaired) electrons. The molecular formula is C22H24FN3O2. The smallest absolute Gasteiger partial charge is 0.242 e. The van der Waals surface area contributed by atoms with E-state index >= 15 is 0 Å². The number of likely N-dealkylation sites (N-methyl/N-ethyl adjacent to an activating group) is 1. The molecule has 0 saturated carbocycles. The lowest BCUT2D eigenvalue weighted by Crippen LogP contribution is -2.44. The van der Waals surface area contributed by atoms with E-state index in [1.807, 2.05) is 31.2 Å². The third-order valence-electron chi connectivity index (χ3n) is 4.67. The standard InChI is InChI=1S/C22H24FN3O2/c1-3-24-22(28)14(2)25-20(27)13-12-18-17-6-4-5-7-19(17)26-21(18)15-8-10-16(23)11-9-15/h4-11,14,26H,3,12-13H2,1-2H3,(H,24,28)(H,25,27)/t14-/m1/s1. The molecule has 0 unspecified atom stereocenters. The Labute approximate surface area is 163 Å². The fourth-order valence-electron chi connectivity index (χ4n) is 3.27. The number of benzene rings is 2. The number of halogens is 1. The summed E-state index contributed by atoms with van der Waals surface area (Å²) >= 11 is 0. The van der Waals surface area contributed by atoms with Crippen LogP contribution in [0.5, 0.6) is 0 Å². The molecule has 2 amide bonds. The minimum Gasteiger partial charge on any atom is -0.355 e. The van der Waals surface area contributed by atoms with Gasteiger partial charge in [0.05, 0.1) is 0 Å². The normalized spacial score (nSPS) is 12.0. The van der Waals surface area contributed by atoms with Crippen LogP contribution < -0.4 is 10.6 Å². The number of hydrogen-bond donors (Lipinski definition) is 3. The van der Waals surface area contributed by atoms with Gasteiger partial charge in [0.15, 0.2) is 0 Å². The van der Waals surface area contributed by atoms with E-state index in [9.17, 15) is 14.0 Å². The van der Waals surface area contributed by atoms with Gasteiger partial charge in [0.2, 0.25) is 11.8 Å². The van der Waals surface area contributed by atoms with Crippen LogP contribution in [-0.2, 0) is 16.0 Å². The lowest BCUT2D eigenvalue weighted by atomic mass is 10.0. The van der Waals surface area contributed by atoms with Crippen molar-refractivity contribution in [2.45, 2.75) is 32.7 Å². The SMILES string of the molecule is CCNC(=O)[C@@H](C)NC(=O)CCc1c(-c2ccc(F)cc2)[nH]c2ccccc12. The Morgan fingerprint density at radius 3 is 2.54 bits per heavy atom. The highest BCUT2D eigenvalue weighted by atomic mass is 19.1. The molecule has 2 aromatic carbocycles. The van der Waals surface area contributed by atoms with Crippen LogP contribution in [0.25, 0.3) is 22.2 Å². The molecule has 28 heavy (non-hydrogen) atoms. The van der Waals surface area contributed by atoms with E-state index in [0.29, 0.717) is 13.0 Å². The molecule has 1 atom stereocenters. The van der Waals surface area contributed by atoms with Crippen molar-refractivity contribution < 1.29 is 14.0 Å². The molecule has 0 saturated heterocycles. The molecule has 5 nitrogen and oxygen atoms in total. The number of H-pyrrole nitrogens is 1. The molecule has 0 fully saturated rings. The zero-order chi connectivity index (χ0) is 20.1. The van der Waals surface area contributed by atoms with Crippen molar-refractivity contribution in [3.63, 3.8) is 0 Å². The average Bonchev–Trinajstić information content (AvgIpc) is 3.05. The molecule has 0 aliphatic heterocycles. The summed E-state index contributed by atoms with van der Waals surface area (Å²) in [7, 11) is 0. The van der Waals surface area contributed by atoms with Crippen molar-refractivity contribution in [3.8, 4) is 11.3 Å². The molecule has 3 aromatic rings. The van der Waals surface area contributed by atoms with E-state index in [4.69, 9.17) is 0 Å². The summed E-state index contributed by atoms with van der Waals surface area (Å²) in [6.45, 7) is 4.02. The summed E-state index contributed by atoms with van der Waals surface area (Å²) in [5, 5.41) is 6.45. The Morgan fingerprint density at radius 2 is 1.82 bits per heavy atom. The number of nitrogens with one attached hydrogen (secondary N) is 3. The van der Waals surface area contributed by atoms with Crippen LogP contribution in [0.3, 0.4) is 0 Å². The lowest BCUT2D eigenvalue weighted by molar-refractivity contribution is -0.128. The van der Waals surface area contributed by atoms with Gasteiger partial charge in [0.1, 0.15) is 11.9 Å². The Hall–Kier alpha value is -3.15. The molecule has 0 spiro atoms. The first-order valence-corrected chi connectivity index (χ1v) is 9.42. The van der Waals surface area contributed by atoms with E-state index in [2.05, 4.69) is 15.6 Å². The van der Waals surface area contributed by atoms with E-state index < -0.39 is 6.04 Å². The summed E-state index contributed by atoms with van der Waals surface area (Å²) in [4.78, 5) is 27.5. The van der Waals surface area contributed by atoms with E-state index in [-0.39, 0.29) is 24.1 Å². The highest BCUT2D eigenvalue weighted by molar-refractivity contribution is 5.92. The van der Waals surface area contributed by atoms with Gasteiger partial charge < -0.3 is 15.6 Å². The Morgan fingerprint density at radius 1 is 1.11 bits per heavy atom. The number of carbonyl (C=O) groups excluding carboxylic acids is 2. The first-order valence-electron chi connectivity index (χ1n) is 9.42. The highest BCUT2D eigenvalue weighted by Crippen LogP contribution is 2.31. The fraction of sp³-hybridized carbons (Fsp3) is 0.273. The number of para-hydroxylation sites is 1. The van der Waals surface area contributed by atoms with Gasteiger partial charge in [0, 0.05) is 29.6 Å². The molecule has 6 heteroatoms. The number of amides is 2. The van der Waals surface area contributed by atoms with Gasteiger partial charge >= 0.3 is 0 Å². The molecule has 3 rings (SSSR count). The van der Waals surface area contributed by atoms with Crippen LogP contribution in [0.4, 0.5) is 4.39 Å². The van der Waals surface area contributed by atoms with Crippen molar-refractivity contribution >= 4 is 22.7 Å². The topological polar surface area (TPSA) is 74.0 Å². The summed E-state index contributed by atoms with van der Waals surface area (Å²) in [6, 6.07) is 13.6. The van der Waals surface area contributed by atoms with Crippen LogP contribution in [-0.4, -0.2) is 29.4 Å². The van der Waals surface area contributed by atoms with Gasteiger partial charge in [-0.1, -0.05) is 18.2 Å². The Bertz CT molecular complexity index is 979. The van der Waals surface area contributed by atoms with Crippen LogP contribution in [0.1, 0.15) is 25.8 Å². The number of aromatic nitrogens is 1. The van der Waals surface area contributed by atoms with Crippen LogP contribution in [0.2, 0.25) is 0 Å². The predicted molar refractivity (Wildman–Crippen MR) is 108 cm³/mol. The van der Waals surface area contributed by atoms with E-state index in [1.165, 1.54) is 12.1 Å². The molecule has 3 N–H and O–H groups in total. The zero-order valence-electron chi connectivity index (χ0n) is 16.0. The summed E-state index contributed by atoms with van der Waals surface area (Å²) < 4.78 is 13.3. The maximum absolute atomic E-state index is 13.3. The number of aryl methyl sites for hydroxylation is 1. The van der Waals surface area contributed by atoms with Gasteiger partial charge in [0.25, 0.3) is 0 Å². The Balaban J connectivity index is 1.80. The van der Waals surface area contributed by atoms with Crippen LogP contribution in [0, 0.1) is 5.82 Å². The molecule has 1 aromatic heterocycles. The maximum Gasteiger partial charge on any atom is 0.242 e. The second-order valence-corrected chi connectivity index (χ2v) is 6.71. The maximum atomic E-state index is 13.3. The predicted octanol–water partition coefficient (Wildman–Crippen LogP) is 3.55. The van der Waals surface area contributed by atoms with E-state index in [0.717, 1.165) is 27.7 Å². The molecule has 146 valence electrons. The highest BCUT2D eigenvalue weighted by Gasteiger charge is 2.17. The molecule has 1 heterocycles. The number of carbonyl (C=O) groups is 2. The summed E-state index contributed by atoms with van der Waals surface area (Å²) in [5.41, 5.74) is 3.71. The van der Waals surface area contributed by atoms with Gasteiger partial charge in [-0.25, -0.2) is 4.39 Å². The number of hydrogen-bond acceptors (Lipinski definition) is 2. The van der Waals surface area contributed by atoms with E-state index in [1.54, 1.807) is 19.1 Å². The molecule has 0 aliphatic rings. The van der Waals surface area contributed by atoms with Gasteiger partial charge in [-0.3, -0.25) is 9.59 Å². The van der Waals surface area contributed by atoms with Crippen molar-refractivity contribution in [1.29, 1.82) is 0 Å². The number of aromatic amines is 1. The second kappa shape index (κ2) is 8.69. The number of rotatable bonds is 7. The van der Waals surface area contributed by atoms with Gasteiger partial charge in [-0.2, -0.15) is 0 Å². The van der Waals surface area contributed by atoms with Crippen LogP contribution in [0.15, 0.2) is 48.5 Å². The zero-order valence-corrected chi connectivity index (χ0v) is 16.0. The first kappa shape index (κ1) is 19.6. The molecule has 0 bridgehead atoms. The number of fused-ring (bicyclic) bond motifs is 1. The van der Waals surface area contributed by atoms with Gasteiger partial charge in [-0.05, 0) is 61.7 Å². The lowest BCUT2D eigenvalue weighted by Gasteiger charge is -2.13. The summed E-state index contributed by atoms with van der Waals surface area (Å²) in [5.74, 6) is -0.677. The Kier molecular flexibility index (Phi) is 6.09. The summed E-state index contributed by atoms with van der Waals surface area (Å²) in [6.07, 6.45) is 0.754. The fourth-order valence-corrected chi connectivity index (χ4v) is 3.27. The monoisotopic (exact) mass is 381 g/mol. The largest absolute Gasteiger partial charge is 0.355 e. The minimum atomic E-state index is -0.577. The minimum absolute atomic E-state index is 0.186. The first-order chi connectivity index (χ1) is 13.5. The van der Waals surface area contributed by atoms with Gasteiger partial charge in [-0.15, -0.1) is 0 Å².